The molecule has 1 fully saturated rings. The Morgan fingerprint density at radius 1 is 1.50 bits per heavy atom. The van der Waals surface area contributed by atoms with Crippen molar-refractivity contribution in [2.75, 3.05) is 0 Å². The number of nitrogens with one attached hydrogen (secondary N) is 1. The highest BCUT2D eigenvalue weighted by atomic mass is 32.1. The molecule has 1 aliphatic rings. The van der Waals surface area contributed by atoms with E-state index in [-0.39, 0.29) is 11.9 Å². The van der Waals surface area contributed by atoms with Gasteiger partial charge in [-0.1, -0.05) is 29.8 Å². The Morgan fingerprint density at radius 3 is 2.81 bits per heavy atom. The van der Waals surface area contributed by atoms with E-state index >= 15 is 0 Å². The molecule has 84 valence electrons. The van der Waals surface area contributed by atoms with Crippen molar-refractivity contribution >= 4 is 23.2 Å². The molecule has 1 heterocycles. The fourth-order valence-electron chi connectivity index (χ4n) is 1.80. The van der Waals surface area contributed by atoms with Crippen molar-refractivity contribution in [3.8, 4) is 0 Å². The van der Waals surface area contributed by atoms with E-state index in [0.29, 0.717) is 11.7 Å². The maximum Gasteiger partial charge on any atom is 0.251 e. The molecule has 0 aliphatic carbocycles. The van der Waals surface area contributed by atoms with E-state index in [1.165, 1.54) is 5.56 Å². The summed E-state index contributed by atoms with van der Waals surface area (Å²) in [5.41, 5.74) is 2.29. The first kappa shape index (κ1) is 11.1. The van der Waals surface area contributed by atoms with Gasteiger partial charge in [-0.3, -0.25) is 9.69 Å². The van der Waals surface area contributed by atoms with Crippen molar-refractivity contribution in [1.82, 2.24) is 10.2 Å². The largest absolute Gasteiger partial charge is 0.351 e. The van der Waals surface area contributed by atoms with Gasteiger partial charge in [-0.2, -0.15) is 0 Å². The number of benzene rings is 1. The molecule has 0 spiro atoms. The Balaban J connectivity index is 2.16. The summed E-state index contributed by atoms with van der Waals surface area (Å²) in [5.74, 6) is 0.0477. The number of amides is 1. The molecule has 0 saturated carbocycles. The van der Waals surface area contributed by atoms with Gasteiger partial charge in [0, 0.05) is 0 Å². The third kappa shape index (κ3) is 2.07. The second-order valence-electron chi connectivity index (χ2n) is 4.08. The van der Waals surface area contributed by atoms with Crippen LogP contribution in [0.1, 0.15) is 18.1 Å². The molecule has 16 heavy (non-hydrogen) atoms. The standard InChI is InChI=1S/C12H14N2OS/c1-8-4-3-5-10(6-8)7-14-11(15)9(2)13-12(14)16/h3-6,9H,7H2,1-2H3,(H,13,16)/t9-/m0/s1. The van der Waals surface area contributed by atoms with Crippen LogP contribution in [0, 0.1) is 6.92 Å². The predicted octanol–water partition coefficient (Wildman–Crippen LogP) is 1.60. The van der Waals surface area contributed by atoms with E-state index in [9.17, 15) is 4.79 Å². The number of aryl methyl sites for hydroxylation is 1. The van der Waals surface area contributed by atoms with Gasteiger partial charge in [-0.05, 0) is 31.6 Å². The smallest absolute Gasteiger partial charge is 0.251 e. The van der Waals surface area contributed by atoms with Crippen molar-refractivity contribution in [3.05, 3.63) is 35.4 Å². The minimum absolute atomic E-state index is 0.0477. The maximum absolute atomic E-state index is 11.8. The molecule has 1 aromatic rings. The zero-order valence-corrected chi connectivity index (χ0v) is 10.2. The van der Waals surface area contributed by atoms with Crippen LogP contribution in [0.3, 0.4) is 0 Å². The van der Waals surface area contributed by atoms with Gasteiger partial charge >= 0.3 is 0 Å². The predicted molar refractivity (Wildman–Crippen MR) is 66.9 cm³/mol. The van der Waals surface area contributed by atoms with Crippen LogP contribution in [0.2, 0.25) is 0 Å². The molecule has 0 radical (unpaired) electrons. The molecule has 4 heteroatoms. The highest BCUT2D eigenvalue weighted by molar-refractivity contribution is 7.80. The summed E-state index contributed by atoms with van der Waals surface area (Å²) in [6, 6.07) is 7.90. The summed E-state index contributed by atoms with van der Waals surface area (Å²) in [5, 5.41) is 3.49. The van der Waals surface area contributed by atoms with Crippen LogP contribution in [-0.4, -0.2) is 22.0 Å². The zero-order chi connectivity index (χ0) is 11.7. The third-order valence-electron chi connectivity index (χ3n) is 2.64. The molecule has 1 saturated heterocycles. The fraction of sp³-hybridized carbons (Fsp3) is 0.333. The summed E-state index contributed by atoms with van der Waals surface area (Å²) in [6.45, 7) is 4.41. The molecule has 0 unspecified atom stereocenters. The van der Waals surface area contributed by atoms with Crippen LogP contribution in [0.15, 0.2) is 24.3 Å². The molecule has 3 nitrogen and oxygen atoms in total. The van der Waals surface area contributed by atoms with E-state index in [0.717, 1.165) is 5.56 Å². The molecule has 1 aliphatic heterocycles. The average molecular weight is 234 g/mol. The molecule has 0 bridgehead atoms. The molecular weight excluding hydrogens is 220 g/mol. The molecule has 1 N–H and O–H groups in total. The van der Waals surface area contributed by atoms with Crippen LogP contribution in [-0.2, 0) is 11.3 Å². The minimum atomic E-state index is -0.197. The fourth-order valence-corrected chi connectivity index (χ4v) is 2.13. The van der Waals surface area contributed by atoms with Crippen LogP contribution in [0.25, 0.3) is 0 Å². The van der Waals surface area contributed by atoms with Crippen molar-refractivity contribution in [2.24, 2.45) is 0 Å². The van der Waals surface area contributed by atoms with Gasteiger partial charge in [-0.25, -0.2) is 0 Å². The maximum atomic E-state index is 11.8. The first-order valence-corrected chi connectivity index (χ1v) is 5.66. The number of rotatable bonds is 2. The van der Waals surface area contributed by atoms with Crippen molar-refractivity contribution in [1.29, 1.82) is 0 Å². The molecule has 0 aromatic heterocycles. The second-order valence-corrected chi connectivity index (χ2v) is 4.47. The monoisotopic (exact) mass is 234 g/mol. The molecule has 1 aromatic carbocycles. The second kappa shape index (κ2) is 4.22. The van der Waals surface area contributed by atoms with Crippen LogP contribution in [0.4, 0.5) is 0 Å². The Morgan fingerprint density at radius 2 is 2.25 bits per heavy atom. The third-order valence-corrected chi connectivity index (χ3v) is 2.98. The first-order valence-electron chi connectivity index (χ1n) is 5.25. The number of thiocarbonyl (C=S) groups is 1. The number of carbonyl (C=O) groups is 1. The Hall–Kier alpha value is -1.42. The van der Waals surface area contributed by atoms with Gasteiger partial charge in [0.1, 0.15) is 6.04 Å². The van der Waals surface area contributed by atoms with E-state index in [1.807, 2.05) is 32.0 Å². The van der Waals surface area contributed by atoms with Crippen LogP contribution in [0.5, 0.6) is 0 Å². The van der Waals surface area contributed by atoms with Crippen molar-refractivity contribution in [3.63, 3.8) is 0 Å². The van der Waals surface area contributed by atoms with Gasteiger partial charge < -0.3 is 5.32 Å². The first-order chi connectivity index (χ1) is 7.58. The number of nitrogens with zero attached hydrogens (tertiary/aromatic N) is 1. The number of carbonyl (C=O) groups excluding carboxylic acids is 1. The van der Waals surface area contributed by atoms with Gasteiger partial charge in [0.05, 0.1) is 6.54 Å². The zero-order valence-electron chi connectivity index (χ0n) is 9.36. The molecular formula is C12H14N2OS. The molecule has 1 atom stereocenters. The highest BCUT2D eigenvalue weighted by Gasteiger charge is 2.31. The average Bonchev–Trinajstić information content (AvgIpc) is 2.45. The molecule has 1 amide bonds. The Labute approximate surface area is 100 Å². The summed E-state index contributed by atoms with van der Waals surface area (Å²) < 4.78 is 0. The summed E-state index contributed by atoms with van der Waals surface area (Å²) in [7, 11) is 0. The van der Waals surface area contributed by atoms with E-state index < -0.39 is 0 Å². The number of hydrogen-bond donors (Lipinski definition) is 1. The van der Waals surface area contributed by atoms with Crippen molar-refractivity contribution in [2.45, 2.75) is 26.4 Å². The van der Waals surface area contributed by atoms with Crippen LogP contribution >= 0.6 is 12.2 Å². The van der Waals surface area contributed by atoms with Gasteiger partial charge in [0.2, 0.25) is 0 Å². The van der Waals surface area contributed by atoms with Gasteiger partial charge in [0.15, 0.2) is 5.11 Å². The van der Waals surface area contributed by atoms with Gasteiger partial charge in [-0.15, -0.1) is 0 Å². The lowest BCUT2D eigenvalue weighted by molar-refractivity contribution is -0.127. The Kier molecular flexibility index (Phi) is 2.92. The van der Waals surface area contributed by atoms with E-state index in [4.69, 9.17) is 12.2 Å². The number of hydrogen-bond acceptors (Lipinski definition) is 2. The highest BCUT2D eigenvalue weighted by Crippen LogP contribution is 2.13. The lowest BCUT2D eigenvalue weighted by Gasteiger charge is -2.14. The topological polar surface area (TPSA) is 32.3 Å². The summed E-state index contributed by atoms with van der Waals surface area (Å²) in [4.78, 5) is 13.4. The minimum Gasteiger partial charge on any atom is -0.351 e. The van der Waals surface area contributed by atoms with Crippen molar-refractivity contribution < 1.29 is 4.79 Å². The van der Waals surface area contributed by atoms with Gasteiger partial charge in [0.25, 0.3) is 5.91 Å². The summed E-state index contributed by atoms with van der Waals surface area (Å²) in [6.07, 6.45) is 0. The molecule has 2 rings (SSSR count). The lowest BCUT2D eigenvalue weighted by atomic mass is 10.1. The van der Waals surface area contributed by atoms with E-state index in [2.05, 4.69) is 11.4 Å². The quantitative estimate of drug-likeness (QED) is 0.789. The SMILES string of the molecule is Cc1cccc(CN2C(=O)[C@H](C)NC2=S)c1. The normalized spacial score (nSPS) is 20.1. The lowest BCUT2D eigenvalue weighted by Crippen LogP contribution is -2.30. The van der Waals surface area contributed by atoms with E-state index in [1.54, 1.807) is 4.90 Å². The Bertz CT molecular complexity index is 444. The summed E-state index contributed by atoms with van der Waals surface area (Å²) >= 11 is 5.12. The van der Waals surface area contributed by atoms with Crippen LogP contribution < -0.4 is 5.32 Å².